The van der Waals surface area contributed by atoms with E-state index in [4.69, 9.17) is 4.74 Å². The van der Waals surface area contributed by atoms with Gasteiger partial charge in [-0.25, -0.2) is 4.98 Å². The van der Waals surface area contributed by atoms with Crippen molar-refractivity contribution >= 4 is 5.91 Å². The molecule has 1 amide bonds. The number of halogens is 3. The van der Waals surface area contributed by atoms with Crippen LogP contribution in [0.15, 0.2) is 48.8 Å². The molecule has 2 atom stereocenters. The van der Waals surface area contributed by atoms with Crippen LogP contribution in [0.25, 0.3) is 11.3 Å². The number of carbonyl (C=O) groups excluding carboxylic acids is 1. The Morgan fingerprint density at radius 3 is 2.47 bits per heavy atom. The fourth-order valence-electron chi connectivity index (χ4n) is 2.79. The lowest BCUT2D eigenvalue weighted by atomic mass is 10.1. The van der Waals surface area contributed by atoms with Gasteiger partial charge in [-0.2, -0.15) is 18.3 Å². The van der Waals surface area contributed by atoms with Gasteiger partial charge in [-0.1, -0.05) is 0 Å². The van der Waals surface area contributed by atoms with Crippen molar-refractivity contribution in [2.45, 2.75) is 25.2 Å². The van der Waals surface area contributed by atoms with Crippen molar-refractivity contribution in [3.05, 3.63) is 59.9 Å². The monoisotopic (exact) mass is 450 g/mol. The fraction of sp³-hybridized carbons (Fsp3) is 0.286. The minimum absolute atomic E-state index is 0.0363. The molecule has 3 rings (SSSR count). The number of rotatable bonds is 7. The summed E-state index contributed by atoms with van der Waals surface area (Å²) in [5, 5.41) is 25.7. The Bertz CT molecular complexity index is 1080. The van der Waals surface area contributed by atoms with Crippen LogP contribution in [0.2, 0.25) is 0 Å². The van der Waals surface area contributed by atoms with E-state index in [-0.39, 0.29) is 17.2 Å². The van der Waals surface area contributed by atoms with Gasteiger partial charge >= 0.3 is 6.18 Å². The smallest absolute Gasteiger partial charge is 0.416 e. The Balaban J connectivity index is 1.93. The summed E-state index contributed by atoms with van der Waals surface area (Å²) in [6.45, 7) is 0.971. The van der Waals surface area contributed by atoms with Crippen molar-refractivity contribution in [2.24, 2.45) is 7.05 Å². The standard InChI is InChI=1S/C21H21F3N4O4/c1-12(30)18(11-29)26-19(31)13-9-16(17-7-8-28(2)27-17)20(25-10-13)32-15-5-3-14(4-6-15)21(22,23)24/h3-10,12,18,29-30H,11H2,1-2H3,(H,26,31)/t12-,18-/m0/s1. The van der Waals surface area contributed by atoms with Crippen LogP contribution < -0.4 is 10.1 Å². The molecule has 11 heteroatoms. The first-order valence-corrected chi connectivity index (χ1v) is 9.53. The molecule has 0 aliphatic rings. The zero-order chi connectivity index (χ0) is 23.5. The number of carbonyl (C=O) groups is 1. The molecule has 0 aliphatic heterocycles. The molecule has 2 heterocycles. The van der Waals surface area contributed by atoms with Crippen LogP contribution in [-0.2, 0) is 13.2 Å². The lowest BCUT2D eigenvalue weighted by Gasteiger charge is -2.19. The van der Waals surface area contributed by atoms with Gasteiger partial charge in [0.25, 0.3) is 5.91 Å². The molecule has 32 heavy (non-hydrogen) atoms. The molecular weight excluding hydrogens is 429 g/mol. The number of ether oxygens (including phenoxy) is 1. The average molecular weight is 450 g/mol. The largest absolute Gasteiger partial charge is 0.438 e. The summed E-state index contributed by atoms with van der Waals surface area (Å²) in [7, 11) is 1.69. The number of benzene rings is 1. The molecule has 0 saturated heterocycles. The van der Waals surface area contributed by atoms with E-state index in [1.165, 1.54) is 36.0 Å². The normalized spacial score (nSPS) is 13.5. The van der Waals surface area contributed by atoms with Gasteiger partial charge in [-0.05, 0) is 43.3 Å². The number of aliphatic hydroxyl groups is 2. The summed E-state index contributed by atoms with van der Waals surface area (Å²) >= 11 is 0. The average Bonchev–Trinajstić information content (AvgIpc) is 3.17. The number of aliphatic hydroxyl groups excluding tert-OH is 2. The summed E-state index contributed by atoms with van der Waals surface area (Å²) in [4.78, 5) is 16.7. The van der Waals surface area contributed by atoms with Crippen LogP contribution in [-0.4, -0.2) is 49.6 Å². The quantitative estimate of drug-likeness (QED) is 0.511. The van der Waals surface area contributed by atoms with E-state index >= 15 is 0 Å². The van der Waals surface area contributed by atoms with Crippen molar-refractivity contribution < 1.29 is 32.9 Å². The van der Waals surface area contributed by atoms with Gasteiger partial charge in [0.2, 0.25) is 5.88 Å². The Labute approximate surface area is 181 Å². The van der Waals surface area contributed by atoms with Gasteiger partial charge in [0.05, 0.1) is 41.1 Å². The molecule has 0 saturated carbocycles. The number of hydrogen-bond donors (Lipinski definition) is 3. The Kier molecular flexibility index (Phi) is 6.80. The van der Waals surface area contributed by atoms with Crippen LogP contribution in [0, 0.1) is 0 Å². The second-order valence-electron chi connectivity index (χ2n) is 7.08. The van der Waals surface area contributed by atoms with E-state index in [0.29, 0.717) is 11.3 Å². The van der Waals surface area contributed by atoms with Crippen LogP contribution in [0.5, 0.6) is 11.6 Å². The van der Waals surface area contributed by atoms with Crippen LogP contribution >= 0.6 is 0 Å². The number of amides is 1. The molecule has 1 aromatic carbocycles. The maximum atomic E-state index is 12.8. The third-order valence-electron chi connectivity index (χ3n) is 4.59. The third-order valence-corrected chi connectivity index (χ3v) is 4.59. The number of alkyl halides is 3. The minimum atomic E-state index is -4.47. The number of pyridine rings is 1. The minimum Gasteiger partial charge on any atom is -0.438 e. The highest BCUT2D eigenvalue weighted by molar-refractivity contribution is 5.95. The SMILES string of the molecule is C[C@H](O)[C@H](CO)NC(=O)c1cnc(Oc2ccc(C(F)(F)F)cc2)c(-c2ccn(C)n2)c1. The molecule has 0 fully saturated rings. The van der Waals surface area contributed by atoms with Crippen LogP contribution in [0.4, 0.5) is 13.2 Å². The van der Waals surface area contributed by atoms with E-state index in [9.17, 15) is 28.2 Å². The topological polar surface area (TPSA) is 110 Å². The molecule has 3 N–H and O–H groups in total. The number of hydrogen-bond acceptors (Lipinski definition) is 6. The van der Waals surface area contributed by atoms with Crippen LogP contribution in [0.1, 0.15) is 22.8 Å². The molecule has 3 aromatic rings. The zero-order valence-corrected chi connectivity index (χ0v) is 17.2. The summed E-state index contributed by atoms with van der Waals surface area (Å²) in [5.74, 6) is -0.431. The molecule has 0 radical (unpaired) electrons. The Morgan fingerprint density at radius 1 is 1.25 bits per heavy atom. The lowest BCUT2D eigenvalue weighted by Crippen LogP contribution is -2.44. The van der Waals surface area contributed by atoms with E-state index in [1.807, 2.05) is 0 Å². The van der Waals surface area contributed by atoms with Crippen molar-refractivity contribution in [2.75, 3.05) is 6.61 Å². The summed E-state index contributed by atoms with van der Waals surface area (Å²) in [6.07, 6.45) is -2.56. The lowest BCUT2D eigenvalue weighted by molar-refractivity contribution is -0.137. The van der Waals surface area contributed by atoms with Gasteiger partial charge < -0.3 is 20.3 Å². The molecule has 170 valence electrons. The predicted molar refractivity (Wildman–Crippen MR) is 108 cm³/mol. The highest BCUT2D eigenvalue weighted by atomic mass is 19.4. The van der Waals surface area contributed by atoms with E-state index in [0.717, 1.165) is 12.1 Å². The maximum Gasteiger partial charge on any atom is 0.416 e. The molecule has 0 aliphatic carbocycles. The van der Waals surface area contributed by atoms with Crippen LogP contribution in [0.3, 0.4) is 0 Å². The Morgan fingerprint density at radius 2 is 1.94 bits per heavy atom. The third kappa shape index (κ3) is 5.42. The second-order valence-corrected chi connectivity index (χ2v) is 7.08. The summed E-state index contributed by atoms with van der Waals surface area (Å²) < 4.78 is 45.6. The van der Waals surface area contributed by atoms with Gasteiger partial charge in [-0.15, -0.1) is 0 Å². The first kappa shape index (κ1) is 23.2. The van der Waals surface area contributed by atoms with E-state index < -0.39 is 36.4 Å². The number of aromatic nitrogens is 3. The zero-order valence-electron chi connectivity index (χ0n) is 17.2. The fourth-order valence-corrected chi connectivity index (χ4v) is 2.79. The van der Waals surface area contributed by atoms with Gasteiger partial charge in [0.15, 0.2) is 0 Å². The van der Waals surface area contributed by atoms with E-state index in [1.54, 1.807) is 19.3 Å². The predicted octanol–water partition coefficient (Wildman–Crippen LogP) is 2.76. The van der Waals surface area contributed by atoms with Crippen molar-refractivity contribution in [3.8, 4) is 22.9 Å². The highest BCUT2D eigenvalue weighted by Gasteiger charge is 2.30. The molecule has 2 aromatic heterocycles. The van der Waals surface area contributed by atoms with Crippen molar-refractivity contribution in [3.63, 3.8) is 0 Å². The molecule has 0 spiro atoms. The van der Waals surface area contributed by atoms with Gasteiger partial charge in [0.1, 0.15) is 5.75 Å². The number of nitrogens with zero attached hydrogens (tertiary/aromatic N) is 3. The van der Waals surface area contributed by atoms with Gasteiger partial charge in [0, 0.05) is 19.4 Å². The van der Waals surface area contributed by atoms with E-state index in [2.05, 4.69) is 15.4 Å². The van der Waals surface area contributed by atoms with Crippen molar-refractivity contribution in [1.29, 1.82) is 0 Å². The van der Waals surface area contributed by atoms with Gasteiger partial charge in [-0.3, -0.25) is 9.48 Å². The molecular formula is C21H21F3N4O4. The molecule has 0 bridgehead atoms. The highest BCUT2D eigenvalue weighted by Crippen LogP contribution is 2.34. The molecule has 0 unspecified atom stereocenters. The summed E-state index contributed by atoms with van der Waals surface area (Å²) in [6, 6.07) is 6.36. The van der Waals surface area contributed by atoms with Crippen molar-refractivity contribution in [1.82, 2.24) is 20.1 Å². The number of nitrogens with one attached hydrogen (secondary N) is 1. The first-order chi connectivity index (χ1) is 15.1. The second kappa shape index (κ2) is 9.37. The summed E-state index contributed by atoms with van der Waals surface area (Å²) in [5.41, 5.74) is 0.0531. The Hall–Kier alpha value is -3.44. The molecule has 8 nitrogen and oxygen atoms in total. The first-order valence-electron chi connectivity index (χ1n) is 9.53. The maximum absolute atomic E-state index is 12.8. The number of aryl methyl sites for hydroxylation is 1.